The third-order valence-electron chi connectivity index (χ3n) is 0.517. The summed E-state index contributed by atoms with van der Waals surface area (Å²) in [5.41, 5.74) is 0. The highest BCUT2D eigenvalue weighted by Gasteiger charge is 1.69. The van der Waals surface area contributed by atoms with Crippen LogP contribution in [0, 0.1) is 0 Å². The molecule has 0 aliphatic heterocycles. The fourth-order valence-corrected chi connectivity index (χ4v) is 0.389. The van der Waals surface area contributed by atoms with Crippen LogP contribution in [0.5, 0.6) is 0 Å². The lowest BCUT2D eigenvalue weighted by molar-refractivity contribution is 1.59. The predicted molar refractivity (Wildman–Crippen MR) is 41.4 cm³/mol. The summed E-state index contributed by atoms with van der Waals surface area (Å²) in [4.78, 5) is 3.51. The lowest BCUT2D eigenvalue weighted by Gasteiger charge is -1.76. The fourth-order valence-electron chi connectivity index (χ4n) is 0.236. The molecule has 0 aliphatic rings. The second-order valence-electron chi connectivity index (χ2n) is 1.28. The van der Waals surface area contributed by atoms with Crippen molar-refractivity contribution in [1.29, 1.82) is 0 Å². The number of halogens is 1. The van der Waals surface area contributed by atoms with Crippen molar-refractivity contribution in [2.45, 2.75) is 6.92 Å². The minimum atomic E-state index is 1.08. The van der Waals surface area contributed by atoms with Crippen molar-refractivity contribution in [3.05, 3.63) is 22.8 Å². The quantitative estimate of drug-likeness (QED) is 0.450. The molecule has 0 bridgehead atoms. The van der Waals surface area contributed by atoms with E-state index in [2.05, 4.69) is 27.6 Å². The molecule has 0 aromatic carbocycles. The Bertz CT molecular complexity index is 120. The monoisotopic (exact) mass is 173 g/mol. The molecule has 2 heteroatoms. The molecule has 0 saturated carbocycles. The van der Waals surface area contributed by atoms with Gasteiger partial charge in [0.1, 0.15) is 0 Å². The van der Waals surface area contributed by atoms with Crippen molar-refractivity contribution in [2.24, 2.45) is 4.99 Å². The van der Waals surface area contributed by atoms with Crippen molar-refractivity contribution < 1.29 is 0 Å². The Morgan fingerprint density at radius 3 is 2.75 bits per heavy atom. The lowest BCUT2D eigenvalue weighted by atomic mass is 10.5. The summed E-state index contributed by atoms with van der Waals surface area (Å²) in [5.74, 6) is 0. The Morgan fingerprint density at radius 2 is 2.38 bits per heavy atom. The molecule has 0 fully saturated rings. The Morgan fingerprint density at radius 1 is 1.75 bits per heavy atom. The molecule has 0 spiro atoms. The van der Waals surface area contributed by atoms with Crippen molar-refractivity contribution in [3.8, 4) is 0 Å². The number of hydrogen-bond donors (Lipinski definition) is 0. The zero-order valence-corrected chi connectivity index (χ0v) is 6.35. The molecule has 0 aliphatic carbocycles. The highest BCUT2D eigenvalue weighted by Crippen LogP contribution is 2.00. The van der Waals surface area contributed by atoms with Gasteiger partial charge >= 0.3 is 0 Å². The predicted octanol–water partition coefficient (Wildman–Crippen LogP) is 2.50. The summed E-state index contributed by atoms with van der Waals surface area (Å²) in [7, 11) is 0. The van der Waals surface area contributed by atoms with E-state index in [-0.39, 0.29) is 0 Å². The van der Waals surface area contributed by atoms with Gasteiger partial charge < -0.3 is 0 Å². The van der Waals surface area contributed by atoms with E-state index >= 15 is 0 Å². The summed E-state index contributed by atoms with van der Waals surface area (Å²) in [6.07, 6.45) is 5.34. The van der Waals surface area contributed by atoms with Crippen LogP contribution < -0.4 is 0 Å². The molecule has 1 nitrogen and oxygen atoms in total. The van der Waals surface area contributed by atoms with Gasteiger partial charge in [0.2, 0.25) is 0 Å². The van der Waals surface area contributed by atoms with E-state index in [9.17, 15) is 0 Å². The van der Waals surface area contributed by atoms with E-state index in [0.717, 1.165) is 4.48 Å². The summed E-state index contributed by atoms with van der Waals surface area (Å²) < 4.78 is 1.08. The first kappa shape index (κ1) is 7.63. The summed E-state index contributed by atoms with van der Waals surface area (Å²) in [5, 5.41) is 0. The van der Waals surface area contributed by atoms with Crippen molar-refractivity contribution >= 4 is 22.6 Å². The number of rotatable bonds is 2. The van der Waals surface area contributed by atoms with E-state index in [4.69, 9.17) is 0 Å². The van der Waals surface area contributed by atoms with E-state index < -0.39 is 0 Å². The molecule has 0 heterocycles. The van der Waals surface area contributed by atoms with Gasteiger partial charge in [-0.05, 0) is 24.2 Å². The average molecular weight is 174 g/mol. The van der Waals surface area contributed by atoms with E-state index in [1.807, 2.05) is 19.1 Å². The first-order valence-corrected chi connectivity index (χ1v) is 3.01. The Labute approximate surface area is 57.9 Å². The first-order valence-electron chi connectivity index (χ1n) is 2.22. The topological polar surface area (TPSA) is 12.4 Å². The van der Waals surface area contributed by atoms with Crippen LogP contribution in [-0.2, 0) is 0 Å². The Balaban J connectivity index is 3.57. The molecule has 0 rings (SSSR count). The molecule has 0 atom stereocenters. The summed E-state index contributed by atoms with van der Waals surface area (Å²) in [6.45, 7) is 5.23. The smallest absolute Gasteiger partial charge is 0.0260 e. The van der Waals surface area contributed by atoms with Gasteiger partial charge in [-0.15, -0.1) is 0 Å². The second-order valence-corrected chi connectivity index (χ2v) is 2.53. The van der Waals surface area contributed by atoms with E-state index in [1.165, 1.54) is 0 Å². The SMILES string of the molecule is C=N/C=C\C=C(/C)Br. The third kappa shape index (κ3) is 5.63. The van der Waals surface area contributed by atoms with Gasteiger partial charge in [-0.25, -0.2) is 0 Å². The first-order chi connectivity index (χ1) is 3.77. The number of aliphatic imine (C=N–C) groups is 1. The average Bonchev–Trinajstić information content (AvgIpc) is 1.66. The van der Waals surface area contributed by atoms with Crippen molar-refractivity contribution in [3.63, 3.8) is 0 Å². The van der Waals surface area contributed by atoms with Crippen LogP contribution in [0.15, 0.2) is 27.8 Å². The molecule has 0 radical (unpaired) electrons. The molecule has 0 unspecified atom stereocenters. The van der Waals surface area contributed by atoms with Crippen LogP contribution in [0.1, 0.15) is 6.92 Å². The minimum Gasteiger partial charge on any atom is -0.273 e. The fraction of sp³-hybridized carbons (Fsp3) is 0.167. The van der Waals surface area contributed by atoms with Crippen LogP contribution >= 0.6 is 15.9 Å². The zero-order chi connectivity index (χ0) is 6.41. The van der Waals surface area contributed by atoms with Crippen LogP contribution in [-0.4, -0.2) is 6.72 Å². The third-order valence-corrected chi connectivity index (χ3v) is 0.782. The summed E-state index contributed by atoms with van der Waals surface area (Å²) >= 11 is 3.25. The van der Waals surface area contributed by atoms with Gasteiger partial charge in [-0.3, -0.25) is 4.99 Å². The minimum absolute atomic E-state index is 1.08. The van der Waals surface area contributed by atoms with Gasteiger partial charge in [-0.2, -0.15) is 0 Å². The normalized spacial score (nSPS) is 12.5. The van der Waals surface area contributed by atoms with Crippen molar-refractivity contribution in [2.75, 3.05) is 0 Å². The second kappa shape index (κ2) is 4.78. The van der Waals surface area contributed by atoms with Gasteiger partial charge in [0.05, 0.1) is 0 Å². The summed E-state index contributed by atoms with van der Waals surface area (Å²) in [6, 6.07) is 0. The van der Waals surface area contributed by atoms with E-state index in [0.29, 0.717) is 0 Å². The maximum atomic E-state index is 3.51. The van der Waals surface area contributed by atoms with Gasteiger partial charge in [0, 0.05) is 6.20 Å². The molecular weight excluding hydrogens is 166 g/mol. The molecule has 8 heavy (non-hydrogen) atoms. The highest BCUT2D eigenvalue weighted by molar-refractivity contribution is 9.11. The molecule has 0 amide bonds. The van der Waals surface area contributed by atoms with Crippen LogP contribution in [0.4, 0.5) is 0 Å². The van der Waals surface area contributed by atoms with Gasteiger partial charge in [0.15, 0.2) is 0 Å². The molecule has 0 aromatic heterocycles. The highest BCUT2D eigenvalue weighted by atomic mass is 79.9. The molecule has 0 saturated heterocycles. The number of hydrogen-bond acceptors (Lipinski definition) is 1. The maximum Gasteiger partial charge on any atom is 0.0260 e. The van der Waals surface area contributed by atoms with Crippen LogP contribution in [0.2, 0.25) is 0 Å². The lowest BCUT2D eigenvalue weighted by Crippen LogP contribution is -1.52. The Kier molecular flexibility index (Phi) is 4.56. The van der Waals surface area contributed by atoms with Gasteiger partial charge in [0.25, 0.3) is 0 Å². The van der Waals surface area contributed by atoms with Crippen LogP contribution in [0.3, 0.4) is 0 Å². The molecule has 44 valence electrons. The largest absolute Gasteiger partial charge is 0.273 e. The molecular formula is C6H8BrN. The number of nitrogens with zero attached hydrogens (tertiary/aromatic N) is 1. The van der Waals surface area contributed by atoms with E-state index in [1.54, 1.807) is 6.20 Å². The number of allylic oxidation sites excluding steroid dienone is 3. The van der Waals surface area contributed by atoms with Crippen LogP contribution in [0.25, 0.3) is 0 Å². The zero-order valence-electron chi connectivity index (χ0n) is 4.76. The maximum absolute atomic E-state index is 3.51. The van der Waals surface area contributed by atoms with Gasteiger partial charge in [-0.1, -0.05) is 22.0 Å². The Hall–Kier alpha value is -0.370. The van der Waals surface area contributed by atoms with Crippen molar-refractivity contribution in [1.82, 2.24) is 0 Å². The molecule has 0 N–H and O–H groups in total. The molecule has 0 aromatic rings. The standard InChI is InChI=1S/C6H8BrN/c1-6(7)4-3-5-8-2/h3-5H,2H2,1H3/b5-3-,6-4+.